The molecule has 0 aliphatic carbocycles. The fourth-order valence-corrected chi connectivity index (χ4v) is 2.91. The van der Waals surface area contributed by atoms with E-state index in [1.54, 1.807) is 4.90 Å². The maximum Gasteiger partial charge on any atom is 0.359 e. The van der Waals surface area contributed by atoms with Crippen LogP contribution in [0, 0.1) is 0 Å². The summed E-state index contributed by atoms with van der Waals surface area (Å²) in [6.45, 7) is 2.22. The van der Waals surface area contributed by atoms with Gasteiger partial charge in [-0.15, -0.1) is 0 Å². The molecule has 0 aliphatic rings. The average Bonchev–Trinajstić information content (AvgIpc) is 2.78. The summed E-state index contributed by atoms with van der Waals surface area (Å²) in [5.41, 5.74) is 1.36. The molecule has 0 radical (unpaired) electrons. The van der Waals surface area contributed by atoms with Crippen LogP contribution in [0.3, 0.4) is 0 Å². The van der Waals surface area contributed by atoms with Gasteiger partial charge >= 0.3 is 5.97 Å². The normalized spacial score (nSPS) is 10.4. The van der Waals surface area contributed by atoms with Crippen molar-refractivity contribution in [3.05, 3.63) is 94.4 Å². The zero-order chi connectivity index (χ0) is 21.3. The summed E-state index contributed by atoms with van der Waals surface area (Å²) in [5.74, 6) is -1.11. The van der Waals surface area contributed by atoms with Crippen LogP contribution in [0.5, 0.6) is 0 Å². The van der Waals surface area contributed by atoms with Crippen LogP contribution in [0.1, 0.15) is 29.4 Å². The van der Waals surface area contributed by atoms with E-state index in [0.717, 1.165) is 5.56 Å². The van der Waals surface area contributed by atoms with Gasteiger partial charge in [-0.25, -0.2) is 9.48 Å². The Balaban J connectivity index is 1.72. The van der Waals surface area contributed by atoms with Crippen molar-refractivity contribution in [2.45, 2.75) is 26.4 Å². The largest absolute Gasteiger partial charge is 0.451 e. The highest BCUT2D eigenvalue weighted by molar-refractivity contribution is 5.96. The zero-order valence-electron chi connectivity index (χ0n) is 16.7. The Morgan fingerprint density at radius 2 is 1.63 bits per heavy atom. The fourth-order valence-electron chi connectivity index (χ4n) is 2.91. The summed E-state index contributed by atoms with van der Waals surface area (Å²) in [4.78, 5) is 38.6. The van der Waals surface area contributed by atoms with Crippen LogP contribution in [-0.4, -0.2) is 28.3 Å². The highest BCUT2D eigenvalue weighted by Gasteiger charge is 2.19. The summed E-state index contributed by atoms with van der Waals surface area (Å²) < 4.78 is 6.41. The third kappa shape index (κ3) is 5.41. The number of aryl methyl sites for hydroxylation is 1. The summed E-state index contributed by atoms with van der Waals surface area (Å²) >= 11 is 0. The van der Waals surface area contributed by atoms with E-state index in [9.17, 15) is 14.4 Å². The van der Waals surface area contributed by atoms with Gasteiger partial charge in [-0.05, 0) is 30.2 Å². The number of benzene rings is 2. The minimum absolute atomic E-state index is 0.00910. The van der Waals surface area contributed by atoms with Crippen molar-refractivity contribution in [2.75, 3.05) is 11.5 Å². The number of anilines is 1. The Hall–Kier alpha value is -3.74. The number of nitrogens with zero attached hydrogens (tertiary/aromatic N) is 3. The molecule has 2 aromatic carbocycles. The van der Waals surface area contributed by atoms with Crippen molar-refractivity contribution in [1.82, 2.24) is 9.78 Å². The first-order chi connectivity index (χ1) is 14.6. The molecular formula is C23H23N3O4. The summed E-state index contributed by atoms with van der Waals surface area (Å²) in [6, 6.07) is 21.3. The Labute approximate surface area is 174 Å². The lowest BCUT2D eigenvalue weighted by atomic mass is 10.2. The first kappa shape index (κ1) is 21.0. The monoisotopic (exact) mass is 405 g/mol. The topological polar surface area (TPSA) is 81.5 Å². The molecule has 7 heteroatoms. The number of rotatable bonds is 8. The molecule has 1 amide bonds. The Bertz CT molecular complexity index is 1050. The molecule has 0 atom stereocenters. The predicted molar refractivity (Wildman–Crippen MR) is 113 cm³/mol. The molecule has 0 saturated heterocycles. The first-order valence-electron chi connectivity index (χ1n) is 9.73. The highest BCUT2D eigenvalue weighted by Crippen LogP contribution is 2.17. The molecule has 154 valence electrons. The molecule has 3 aromatic rings. The second kappa shape index (κ2) is 10.2. The van der Waals surface area contributed by atoms with Gasteiger partial charge in [-0.2, -0.15) is 5.10 Å². The molecule has 1 aromatic heterocycles. The summed E-state index contributed by atoms with van der Waals surface area (Å²) in [7, 11) is 0. The Morgan fingerprint density at radius 1 is 0.967 bits per heavy atom. The lowest BCUT2D eigenvalue weighted by Crippen LogP contribution is -2.34. The molecule has 7 nitrogen and oxygen atoms in total. The van der Waals surface area contributed by atoms with Gasteiger partial charge in [0.15, 0.2) is 12.3 Å². The molecule has 0 unspecified atom stereocenters. The van der Waals surface area contributed by atoms with Gasteiger partial charge < -0.3 is 9.64 Å². The minimum Gasteiger partial charge on any atom is -0.451 e. The van der Waals surface area contributed by atoms with Gasteiger partial charge in [0, 0.05) is 18.3 Å². The molecular weight excluding hydrogens is 382 g/mol. The van der Waals surface area contributed by atoms with Gasteiger partial charge in [-0.3, -0.25) is 9.59 Å². The van der Waals surface area contributed by atoms with E-state index in [1.165, 1.54) is 16.8 Å². The van der Waals surface area contributed by atoms with Crippen LogP contribution in [0.4, 0.5) is 5.69 Å². The third-order valence-corrected chi connectivity index (χ3v) is 4.39. The Kier molecular flexibility index (Phi) is 7.10. The zero-order valence-corrected chi connectivity index (χ0v) is 16.7. The van der Waals surface area contributed by atoms with Gasteiger partial charge in [0.05, 0.1) is 6.54 Å². The van der Waals surface area contributed by atoms with Gasteiger partial charge in [-0.1, -0.05) is 55.5 Å². The molecule has 1 heterocycles. The van der Waals surface area contributed by atoms with E-state index in [4.69, 9.17) is 4.74 Å². The van der Waals surface area contributed by atoms with Crippen LogP contribution in [0.2, 0.25) is 0 Å². The van der Waals surface area contributed by atoms with Crippen molar-refractivity contribution in [3.63, 3.8) is 0 Å². The molecule has 0 spiro atoms. The van der Waals surface area contributed by atoms with E-state index < -0.39 is 12.6 Å². The lowest BCUT2D eigenvalue weighted by Gasteiger charge is -2.23. The maximum atomic E-state index is 12.9. The van der Waals surface area contributed by atoms with E-state index in [1.807, 2.05) is 67.6 Å². The number of ether oxygens (including phenoxy) is 1. The molecule has 3 rings (SSSR count). The number of amides is 1. The second-order valence-electron chi connectivity index (χ2n) is 6.66. The first-order valence-corrected chi connectivity index (χ1v) is 9.73. The smallest absolute Gasteiger partial charge is 0.359 e. The van der Waals surface area contributed by atoms with Crippen LogP contribution < -0.4 is 10.5 Å². The number of carbonyl (C=O) groups is 2. The van der Waals surface area contributed by atoms with E-state index >= 15 is 0 Å². The highest BCUT2D eigenvalue weighted by atomic mass is 16.5. The van der Waals surface area contributed by atoms with Gasteiger partial charge in [0.2, 0.25) is 0 Å². The summed E-state index contributed by atoms with van der Waals surface area (Å²) in [5, 5.41) is 4.02. The van der Waals surface area contributed by atoms with Crippen LogP contribution in [0.15, 0.2) is 77.6 Å². The van der Waals surface area contributed by atoms with Crippen LogP contribution >= 0.6 is 0 Å². The number of aromatic nitrogens is 2. The van der Waals surface area contributed by atoms with E-state index in [-0.39, 0.29) is 17.2 Å². The lowest BCUT2D eigenvalue weighted by molar-refractivity contribution is -0.121. The van der Waals surface area contributed by atoms with Crippen molar-refractivity contribution >= 4 is 17.6 Å². The van der Waals surface area contributed by atoms with Crippen molar-refractivity contribution in [2.24, 2.45) is 0 Å². The Morgan fingerprint density at radius 3 is 2.30 bits per heavy atom. The number of para-hydroxylation sites is 1. The molecule has 0 bridgehead atoms. The number of hydrogen-bond acceptors (Lipinski definition) is 5. The SMILES string of the molecule is CCCn1nc(C(=O)OCC(=O)N(Cc2ccccc2)c2ccccc2)ccc1=O. The molecule has 30 heavy (non-hydrogen) atoms. The molecule has 0 saturated carbocycles. The minimum atomic E-state index is -0.749. The van der Waals surface area contributed by atoms with Crippen molar-refractivity contribution < 1.29 is 14.3 Å². The summed E-state index contributed by atoms with van der Waals surface area (Å²) in [6.07, 6.45) is 0.704. The van der Waals surface area contributed by atoms with Crippen molar-refractivity contribution in [3.8, 4) is 0 Å². The molecule has 0 N–H and O–H groups in total. The second-order valence-corrected chi connectivity index (χ2v) is 6.66. The van der Waals surface area contributed by atoms with Crippen LogP contribution in [0.25, 0.3) is 0 Å². The number of hydrogen-bond donors (Lipinski definition) is 0. The van der Waals surface area contributed by atoms with E-state index in [0.29, 0.717) is 25.2 Å². The standard InChI is InChI=1S/C23H23N3O4/c1-2-15-26-21(27)14-13-20(24-26)23(29)30-17-22(28)25(19-11-7-4-8-12-19)16-18-9-5-3-6-10-18/h3-14H,2,15-17H2,1H3. The number of carbonyl (C=O) groups excluding carboxylic acids is 2. The predicted octanol–water partition coefficient (Wildman–Crippen LogP) is 3.04. The fraction of sp³-hybridized carbons (Fsp3) is 0.217. The average molecular weight is 405 g/mol. The third-order valence-electron chi connectivity index (χ3n) is 4.39. The number of esters is 1. The van der Waals surface area contributed by atoms with E-state index in [2.05, 4.69) is 5.10 Å². The maximum absolute atomic E-state index is 12.9. The molecule has 0 aliphatic heterocycles. The van der Waals surface area contributed by atoms with Crippen molar-refractivity contribution in [1.29, 1.82) is 0 Å². The molecule has 0 fully saturated rings. The quantitative estimate of drug-likeness (QED) is 0.538. The van der Waals surface area contributed by atoms with Crippen LogP contribution in [-0.2, 0) is 22.6 Å². The van der Waals surface area contributed by atoms with Gasteiger partial charge in [0.1, 0.15) is 0 Å². The van der Waals surface area contributed by atoms with Gasteiger partial charge in [0.25, 0.3) is 11.5 Å².